The zero-order chi connectivity index (χ0) is 28.6. The second-order valence-corrected chi connectivity index (χ2v) is 12.3. The van der Waals surface area contributed by atoms with E-state index in [0.717, 1.165) is 34.4 Å². The summed E-state index contributed by atoms with van der Waals surface area (Å²) in [6, 6.07) is 10.3. The Morgan fingerprint density at radius 2 is 1.54 bits per heavy atom. The Bertz CT molecular complexity index is 1330. The molecule has 1 amide bonds. The average Bonchev–Trinajstić information content (AvgIpc) is 3.35. The number of anilines is 1. The zero-order valence-electron chi connectivity index (χ0n) is 23.8. The van der Waals surface area contributed by atoms with Crippen molar-refractivity contribution in [1.29, 1.82) is 0 Å². The van der Waals surface area contributed by atoms with Gasteiger partial charge in [0.25, 0.3) is 5.91 Å². The van der Waals surface area contributed by atoms with Crippen LogP contribution < -0.4 is 4.90 Å². The molecule has 39 heavy (non-hydrogen) atoms. The number of methoxy groups -OCH3 is 2. The molecular formula is C28H40N4O5S2. The monoisotopic (exact) mass is 576 g/mol. The molecule has 0 aliphatic heterocycles. The van der Waals surface area contributed by atoms with E-state index in [1.54, 1.807) is 17.0 Å². The summed E-state index contributed by atoms with van der Waals surface area (Å²) in [6.07, 6.45) is 0. The number of rotatable bonds is 15. The van der Waals surface area contributed by atoms with Gasteiger partial charge in [-0.05, 0) is 68.4 Å². The number of amides is 1. The predicted molar refractivity (Wildman–Crippen MR) is 158 cm³/mol. The minimum absolute atomic E-state index is 0.118. The molecule has 1 aromatic heterocycles. The van der Waals surface area contributed by atoms with E-state index < -0.39 is 10.0 Å². The first-order valence-corrected chi connectivity index (χ1v) is 15.4. The molecule has 214 valence electrons. The molecule has 9 nitrogen and oxygen atoms in total. The van der Waals surface area contributed by atoms with Crippen LogP contribution in [0.2, 0.25) is 0 Å². The molecule has 0 aliphatic rings. The predicted octanol–water partition coefficient (Wildman–Crippen LogP) is 4.19. The Labute approximate surface area is 236 Å². The van der Waals surface area contributed by atoms with Crippen LogP contribution in [0.15, 0.2) is 41.3 Å². The first-order chi connectivity index (χ1) is 18.7. The van der Waals surface area contributed by atoms with Crippen LogP contribution in [0.1, 0.15) is 35.3 Å². The fourth-order valence-corrected chi connectivity index (χ4v) is 6.93. The number of aromatic nitrogens is 1. The number of sulfonamides is 1. The highest BCUT2D eigenvalue weighted by molar-refractivity contribution is 7.89. The van der Waals surface area contributed by atoms with Gasteiger partial charge in [0.15, 0.2) is 5.13 Å². The lowest BCUT2D eigenvalue weighted by atomic mass is 10.1. The van der Waals surface area contributed by atoms with E-state index in [2.05, 4.69) is 37.8 Å². The molecule has 0 fully saturated rings. The molecule has 0 bridgehead atoms. The molecule has 0 radical (unpaired) electrons. The lowest BCUT2D eigenvalue weighted by Crippen LogP contribution is -2.39. The molecule has 3 aromatic rings. The molecule has 2 aromatic carbocycles. The SMILES string of the molecule is CCN(CC)CCN(C(=O)c1ccc(S(=O)(=O)N(CCOC)CCOC)cc1)c1nc2c(C)cc(C)cc2s1. The Hall–Kier alpha value is -2.41. The number of fused-ring (bicyclic) bond motifs is 1. The van der Waals surface area contributed by atoms with Gasteiger partial charge in [0.05, 0.1) is 28.3 Å². The normalized spacial score (nSPS) is 12.1. The lowest BCUT2D eigenvalue weighted by Gasteiger charge is -2.25. The number of likely N-dealkylation sites (N-methyl/N-ethyl adjacent to an activating group) is 1. The van der Waals surface area contributed by atoms with Gasteiger partial charge in [-0.25, -0.2) is 13.4 Å². The third-order valence-corrected chi connectivity index (χ3v) is 9.60. The van der Waals surface area contributed by atoms with Crippen molar-refractivity contribution in [3.8, 4) is 0 Å². The second kappa shape index (κ2) is 14.3. The van der Waals surface area contributed by atoms with Crippen molar-refractivity contribution >= 4 is 42.6 Å². The van der Waals surface area contributed by atoms with Gasteiger partial charge in [-0.1, -0.05) is 31.3 Å². The highest BCUT2D eigenvalue weighted by Crippen LogP contribution is 2.32. The number of ether oxygens (including phenoxy) is 2. The van der Waals surface area contributed by atoms with Crippen LogP contribution in [0.5, 0.6) is 0 Å². The third kappa shape index (κ3) is 7.62. The van der Waals surface area contributed by atoms with Crippen LogP contribution in [0.25, 0.3) is 10.2 Å². The molecule has 0 aliphatic carbocycles. The summed E-state index contributed by atoms with van der Waals surface area (Å²) < 4.78 is 39.1. The van der Waals surface area contributed by atoms with E-state index in [0.29, 0.717) is 23.8 Å². The van der Waals surface area contributed by atoms with E-state index in [4.69, 9.17) is 14.5 Å². The van der Waals surface area contributed by atoms with E-state index >= 15 is 0 Å². The van der Waals surface area contributed by atoms with Crippen LogP contribution in [-0.4, -0.2) is 95.2 Å². The summed E-state index contributed by atoms with van der Waals surface area (Å²) in [6.45, 7) is 12.2. The molecule has 11 heteroatoms. The van der Waals surface area contributed by atoms with E-state index in [-0.39, 0.29) is 37.1 Å². The number of benzene rings is 2. The summed E-state index contributed by atoms with van der Waals surface area (Å²) >= 11 is 1.50. The number of hydrogen-bond acceptors (Lipinski definition) is 8. The maximum atomic E-state index is 13.8. The van der Waals surface area contributed by atoms with Crippen molar-refractivity contribution in [2.75, 3.05) is 71.6 Å². The number of hydrogen-bond donors (Lipinski definition) is 0. The maximum Gasteiger partial charge on any atom is 0.260 e. The average molecular weight is 577 g/mol. The van der Waals surface area contributed by atoms with Crippen LogP contribution in [0.4, 0.5) is 5.13 Å². The van der Waals surface area contributed by atoms with Gasteiger partial charge in [-0.15, -0.1) is 0 Å². The van der Waals surface area contributed by atoms with Gasteiger partial charge in [0, 0.05) is 46.0 Å². The van der Waals surface area contributed by atoms with E-state index in [1.165, 1.54) is 42.0 Å². The molecular weight excluding hydrogens is 536 g/mol. The number of thiazole rings is 1. The number of carbonyl (C=O) groups excluding carboxylic acids is 1. The molecule has 0 saturated carbocycles. The quantitative estimate of drug-likeness (QED) is 0.268. The largest absolute Gasteiger partial charge is 0.383 e. The highest BCUT2D eigenvalue weighted by atomic mass is 32.2. The number of carbonyl (C=O) groups is 1. The Balaban J connectivity index is 1.93. The van der Waals surface area contributed by atoms with Gasteiger partial charge in [-0.2, -0.15) is 4.31 Å². The Morgan fingerprint density at radius 1 is 0.923 bits per heavy atom. The summed E-state index contributed by atoms with van der Waals surface area (Å²) in [5, 5.41) is 0.637. The van der Waals surface area contributed by atoms with Crippen LogP contribution in [0.3, 0.4) is 0 Å². The molecule has 0 unspecified atom stereocenters. The van der Waals surface area contributed by atoms with Gasteiger partial charge in [0.2, 0.25) is 10.0 Å². The summed E-state index contributed by atoms with van der Waals surface area (Å²) in [5.74, 6) is -0.213. The molecule has 0 spiro atoms. The molecule has 0 atom stereocenters. The number of aryl methyl sites for hydroxylation is 2. The minimum Gasteiger partial charge on any atom is -0.383 e. The standard InChI is InChI=1S/C28H40N4O5S2/c1-7-30(8-2)13-14-32(28-29-26-22(4)19-21(3)20-25(26)38-28)27(33)23-9-11-24(12-10-23)39(34,35)31(15-17-36-5)16-18-37-6/h9-12,19-20H,7-8,13-18H2,1-6H3. The minimum atomic E-state index is -3.78. The van der Waals surface area contributed by atoms with Crippen molar-refractivity contribution in [2.45, 2.75) is 32.6 Å². The van der Waals surface area contributed by atoms with Gasteiger partial charge in [-0.3, -0.25) is 9.69 Å². The van der Waals surface area contributed by atoms with Crippen molar-refractivity contribution < 1.29 is 22.7 Å². The van der Waals surface area contributed by atoms with Crippen molar-refractivity contribution in [1.82, 2.24) is 14.2 Å². The molecule has 0 saturated heterocycles. The highest BCUT2D eigenvalue weighted by Gasteiger charge is 2.26. The van der Waals surface area contributed by atoms with Crippen LogP contribution >= 0.6 is 11.3 Å². The Kier molecular flexibility index (Phi) is 11.4. The fraction of sp³-hybridized carbons (Fsp3) is 0.500. The Morgan fingerprint density at radius 3 is 2.10 bits per heavy atom. The third-order valence-electron chi connectivity index (χ3n) is 6.66. The molecule has 3 rings (SSSR count). The van der Waals surface area contributed by atoms with Crippen molar-refractivity contribution in [3.63, 3.8) is 0 Å². The van der Waals surface area contributed by atoms with Crippen LogP contribution in [0, 0.1) is 13.8 Å². The lowest BCUT2D eigenvalue weighted by molar-refractivity contribution is 0.0983. The van der Waals surface area contributed by atoms with Gasteiger partial charge < -0.3 is 14.4 Å². The first kappa shape index (κ1) is 31.1. The number of nitrogens with zero attached hydrogens (tertiary/aromatic N) is 4. The molecule has 1 heterocycles. The zero-order valence-corrected chi connectivity index (χ0v) is 25.4. The first-order valence-electron chi connectivity index (χ1n) is 13.2. The summed E-state index contributed by atoms with van der Waals surface area (Å²) in [7, 11) is -0.725. The van der Waals surface area contributed by atoms with Crippen molar-refractivity contribution in [2.24, 2.45) is 0 Å². The second-order valence-electron chi connectivity index (χ2n) is 9.32. The van der Waals surface area contributed by atoms with E-state index in [9.17, 15) is 13.2 Å². The van der Waals surface area contributed by atoms with Crippen LogP contribution in [-0.2, 0) is 19.5 Å². The van der Waals surface area contributed by atoms with E-state index in [1.807, 2.05) is 6.92 Å². The van der Waals surface area contributed by atoms with Crippen molar-refractivity contribution in [3.05, 3.63) is 53.1 Å². The van der Waals surface area contributed by atoms with Gasteiger partial charge in [0.1, 0.15) is 0 Å². The maximum absolute atomic E-state index is 13.8. The smallest absolute Gasteiger partial charge is 0.260 e. The fourth-order valence-electron chi connectivity index (χ4n) is 4.35. The van der Waals surface area contributed by atoms with Gasteiger partial charge >= 0.3 is 0 Å². The topological polar surface area (TPSA) is 92.3 Å². The molecule has 0 N–H and O–H groups in total. The summed E-state index contributed by atoms with van der Waals surface area (Å²) in [5.41, 5.74) is 3.53. The summed E-state index contributed by atoms with van der Waals surface area (Å²) in [4.78, 5) is 22.8.